The highest BCUT2D eigenvalue weighted by molar-refractivity contribution is 8.00. The predicted octanol–water partition coefficient (Wildman–Crippen LogP) is 5.03. The smallest absolute Gasteiger partial charge is 0.341 e. The topological polar surface area (TPSA) is 89.8 Å². The molecule has 35 heavy (non-hydrogen) atoms. The summed E-state index contributed by atoms with van der Waals surface area (Å²) in [5.41, 5.74) is 2.59. The SMILES string of the molecule is CCOC(=O)c1c(NC(=O)CSCC(=O)N=c2sc3ccccc3n2CC)sc2c1CCCCC2. The highest BCUT2D eigenvalue weighted by Crippen LogP contribution is 2.38. The molecule has 0 atom stereocenters. The van der Waals surface area contributed by atoms with Crippen molar-refractivity contribution in [3.05, 3.63) is 45.1 Å². The summed E-state index contributed by atoms with van der Waals surface area (Å²) in [4.78, 5) is 43.9. The van der Waals surface area contributed by atoms with Crippen molar-refractivity contribution in [3.63, 3.8) is 0 Å². The van der Waals surface area contributed by atoms with Crippen LogP contribution in [0.15, 0.2) is 29.3 Å². The molecule has 0 spiro atoms. The van der Waals surface area contributed by atoms with Gasteiger partial charge in [-0.2, -0.15) is 4.99 Å². The van der Waals surface area contributed by atoms with Gasteiger partial charge in [-0.3, -0.25) is 9.59 Å². The number of nitrogens with one attached hydrogen (secondary N) is 1. The maximum Gasteiger partial charge on any atom is 0.341 e. The largest absolute Gasteiger partial charge is 0.462 e. The average molecular weight is 532 g/mol. The summed E-state index contributed by atoms with van der Waals surface area (Å²) in [6, 6.07) is 7.98. The minimum Gasteiger partial charge on any atom is -0.462 e. The van der Waals surface area contributed by atoms with E-state index in [1.165, 1.54) is 34.4 Å². The molecule has 3 aromatic rings. The fourth-order valence-corrected chi connectivity index (χ4v) is 7.20. The molecule has 1 N–H and O–H groups in total. The standard InChI is InChI=1S/C25H29N3O4S3/c1-3-28-17-11-8-9-13-19(17)35-25(28)27-21(30)15-33-14-20(29)26-23-22(24(31)32-4-2)16-10-6-5-7-12-18(16)34-23/h8-9,11,13H,3-7,10,12,14-15H2,1-2H3,(H,26,29). The zero-order chi connectivity index (χ0) is 24.8. The van der Waals surface area contributed by atoms with Crippen LogP contribution in [0.4, 0.5) is 5.00 Å². The zero-order valence-electron chi connectivity index (χ0n) is 19.9. The van der Waals surface area contributed by atoms with Crippen LogP contribution in [0, 0.1) is 0 Å². The van der Waals surface area contributed by atoms with E-state index in [1.807, 2.05) is 35.8 Å². The summed E-state index contributed by atoms with van der Waals surface area (Å²) < 4.78 is 8.38. The summed E-state index contributed by atoms with van der Waals surface area (Å²) in [6.45, 7) is 4.81. The Morgan fingerprint density at radius 3 is 2.69 bits per heavy atom. The van der Waals surface area contributed by atoms with E-state index in [0.29, 0.717) is 15.4 Å². The summed E-state index contributed by atoms with van der Waals surface area (Å²) in [6.07, 6.45) is 5.00. The minimum atomic E-state index is -0.378. The number of ether oxygens (including phenoxy) is 1. The van der Waals surface area contributed by atoms with E-state index in [4.69, 9.17) is 4.74 Å². The number of rotatable bonds is 8. The van der Waals surface area contributed by atoms with Crippen LogP contribution in [0.1, 0.15) is 53.9 Å². The fraction of sp³-hybridized carbons (Fsp3) is 0.440. The van der Waals surface area contributed by atoms with Gasteiger partial charge >= 0.3 is 5.97 Å². The molecule has 1 aliphatic rings. The molecule has 0 aliphatic heterocycles. The second-order valence-electron chi connectivity index (χ2n) is 8.13. The Morgan fingerprint density at radius 2 is 1.89 bits per heavy atom. The van der Waals surface area contributed by atoms with Gasteiger partial charge in [-0.25, -0.2) is 4.79 Å². The number of amides is 2. The number of anilines is 1. The normalized spacial score (nSPS) is 13.9. The zero-order valence-corrected chi connectivity index (χ0v) is 22.4. The Morgan fingerprint density at radius 1 is 1.09 bits per heavy atom. The van der Waals surface area contributed by atoms with Crippen molar-refractivity contribution in [2.75, 3.05) is 23.4 Å². The molecule has 10 heteroatoms. The molecule has 2 amide bonds. The lowest BCUT2D eigenvalue weighted by atomic mass is 10.1. The molecular weight excluding hydrogens is 502 g/mol. The van der Waals surface area contributed by atoms with E-state index in [-0.39, 0.29) is 35.9 Å². The lowest BCUT2D eigenvalue weighted by Gasteiger charge is -2.08. The molecule has 0 saturated heterocycles. The van der Waals surface area contributed by atoms with Crippen molar-refractivity contribution in [2.24, 2.45) is 4.99 Å². The minimum absolute atomic E-state index is 0.103. The first-order chi connectivity index (χ1) is 17.0. The first-order valence-corrected chi connectivity index (χ1v) is 14.7. The van der Waals surface area contributed by atoms with Gasteiger partial charge in [0.15, 0.2) is 4.80 Å². The van der Waals surface area contributed by atoms with Gasteiger partial charge in [-0.05, 0) is 57.2 Å². The molecular formula is C25H29N3O4S3. The van der Waals surface area contributed by atoms with Crippen LogP contribution in [-0.4, -0.2) is 40.5 Å². The Bertz CT molecular complexity index is 1310. The predicted molar refractivity (Wildman–Crippen MR) is 144 cm³/mol. The molecule has 0 radical (unpaired) electrons. The highest BCUT2D eigenvalue weighted by atomic mass is 32.2. The summed E-state index contributed by atoms with van der Waals surface area (Å²) >= 11 is 4.18. The molecule has 1 aromatic carbocycles. The second-order valence-corrected chi connectivity index (χ2v) is 11.2. The van der Waals surface area contributed by atoms with Crippen molar-refractivity contribution in [1.82, 2.24) is 4.57 Å². The number of thiophene rings is 1. The van der Waals surface area contributed by atoms with Crippen molar-refractivity contribution in [2.45, 2.75) is 52.5 Å². The van der Waals surface area contributed by atoms with E-state index < -0.39 is 0 Å². The molecule has 0 bridgehead atoms. The molecule has 186 valence electrons. The Kier molecular flexibility index (Phi) is 8.80. The van der Waals surface area contributed by atoms with Gasteiger partial charge in [0, 0.05) is 11.4 Å². The molecule has 7 nitrogen and oxygen atoms in total. The van der Waals surface area contributed by atoms with Crippen LogP contribution in [0.3, 0.4) is 0 Å². The molecule has 4 rings (SSSR count). The third-order valence-electron chi connectivity index (χ3n) is 5.74. The Hall–Kier alpha value is -2.43. The maximum atomic E-state index is 12.7. The summed E-state index contributed by atoms with van der Waals surface area (Å²) in [5.74, 6) is -0.679. The molecule has 2 heterocycles. The molecule has 1 aliphatic carbocycles. The number of benzene rings is 1. The van der Waals surface area contributed by atoms with Crippen LogP contribution in [0.5, 0.6) is 0 Å². The van der Waals surface area contributed by atoms with Gasteiger partial charge in [0.2, 0.25) is 5.91 Å². The number of hydrogen-bond donors (Lipinski definition) is 1. The number of aromatic nitrogens is 1. The van der Waals surface area contributed by atoms with E-state index in [0.717, 1.165) is 59.3 Å². The molecule has 0 unspecified atom stereocenters. The number of carbonyl (C=O) groups excluding carboxylic acids is 3. The number of thiazole rings is 1. The van der Waals surface area contributed by atoms with Crippen molar-refractivity contribution < 1.29 is 19.1 Å². The van der Waals surface area contributed by atoms with E-state index in [1.54, 1.807) is 6.92 Å². The van der Waals surface area contributed by atoms with Gasteiger partial charge in [-0.1, -0.05) is 29.9 Å². The first kappa shape index (κ1) is 25.7. The van der Waals surface area contributed by atoms with Crippen LogP contribution < -0.4 is 10.1 Å². The van der Waals surface area contributed by atoms with Gasteiger partial charge in [0.1, 0.15) is 5.00 Å². The van der Waals surface area contributed by atoms with E-state index in [9.17, 15) is 14.4 Å². The number of nitrogens with zero attached hydrogens (tertiary/aromatic N) is 2. The fourth-order valence-electron chi connectivity index (χ4n) is 4.19. The second kappa shape index (κ2) is 12.0. The number of hydrogen-bond acceptors (Lipinski definition) is 7. The van der Waals surface area contributed by atoms with Crippen LogP contribution in [0.25, 0.3) is 10.2 Å². The van der Waals surface area contributed by atoms with Crippen molar-refractivity contribution in [1.29, 1.82) is 0 Å². The van der Waals surface area contributed by atoms with Crippen LogP contribution >= 0.6 is 34.4 Å². The van der Waals surface area contributed by atoms with Gasteiger partial charge in [0.05, 0.1) is 33.9 Å². The number of para-hydroxylation sites is 1. The van der Waals surface area contributed by atoms with Crippen LogP contribution in [0.2, 0.25) is 0 Å². The Balaban J connectivity index is 1.40. The maximum absolute atomic E-state index is 12.7. The van der Waals surface area contributed by atoms with Crippen molar-refractivity contribution in [3.8, 4) is 0 Å². The molecule has 0 saturated carbocycles. The molecule has 2 aromatic heterocycles. The number of carbonyl (C=O) groups is 3. The lowest BCUT2D eigenvalue weighted by molar-refractivity contribution is -0.115. The first-order valence-electron chi connectivity index (χ1n) is 11.9. The third kappa shape index (κ3) is 6.05. The third-order valence-corrected chi connectivity index (χ3v) is 8.92. The molecule has 0 fully saturated rings. The summed E-state index contributed by atoms with van der Waals surface area (Å²) in [5, 5.41) is 3.46. The summed E-state index contributed by atoms with van der Waals surface area (Å²) in [7, 11) is 0. The highest BCUT2D eigenvalue weighted by Gasteiger charge is 2.26. The number of fused-ring (bicyclic) bond motifs is 2. The van der Waals surface area contributed by atoms with E-state index in [2.05, 4.69) is 10.3 Å². The monoisotopic (exact) mass is 531 g/mol. The van der Waals surface area contributed by atoms with Gasteiger partial charge in [-0.15, -0.1) is 23.1 Å². The average Bonchev–Trinajstić information content (AvgIpc) is 3.26. The number of thioether (sulfide) groups is 1. The van der Waals surface area contributed by atoms with Gasteiger partial charge in [0.25, 0.3) is 5.91 Å². The van der Waals surface area contributed by atoms with E-state index >= 15 is 0 Å². The lowest BCUT2D eigenvalue weighted by Crippen LogP contribution is -2.19. The number of aryl methyl sites for hydroxylation is 2. The van der Waals surface area contributed by atoms with Crippen molar-refractivity contribution >= 4 is 67.4 Å². The van der Waals surface area contributed by atoms with Crippen LogP contribution in [-0.2, 0) is 33.7 Å². The Labute approximate surface area is 216 Å². The van der Waals surface area contributed by atoms with Gasteiger partial charge < -0.3 is 14.6 Å². The number of esters is 1. The quantitative estimate of drug-likeness (QED) is 0.325.